The van der Waals surface area contributed by atoms with Crippen LogP contribution in [-0.2, 0) is 0 Å². The summed E-state index contributed by atoms with van der Waals surface area (Å²) in [4.78, 5) is 15.0. The lowest BCUT2D eigenvalue weighted by molar-refractivity contribution is 0.0986. The second-order valence-corrected chi connectivity index (χ2v) is 3.68. The van der Waals surface area contributed by atoms with Gasteiger partial charge in [0, 0.05) is 35.5 Å². The number of hydrogen-bond donors (Lipinski definition) is 2. The van der Waals surface area contributed by atoms with Crippen LogP contribution in [0.3, 0.4) is 0 Å². The van der Waals surface area contributed by atoms with Crippen LogP contribution in [0, 0.1) is 11.8 Å². The zero-order valence-electron chi connectivity index (χ0n) is 9.36. The van der Waals surface area contributed by atoms with E-state index >= 15 is 0 Å². The first-order valence-corrected chi connectivity index (χ1v) is 5.49. The molecule has 86 valence electrons. The van der Waals surface area contributed by atoms with Crippen LogP contribution in [0.15, 0.2) is 30.5 Å². The average molecular weight is 227 g/mol. The zero-order chi connectivity index (χ0) is 12.1. The van der Waals surface area contributed by atoms with E-state index in [2.05, 4.69) is 16.8 Å². The maximum Gasteiger partial charge on any atom is 0.165 e. The van der Waals surface area contributed by atoms with Crippen molar-refractivity contribution in [3.05, 3.63) is 36.0 Å². The molecule has 0 unspecified atom stereocenters. The Labute approximate surface area is 99.5 Å². The van der Waals surface area contributed by atoms with Crippen LogP contribution in [0.5, 0.6) is 0 Å². The van der Waals surface area contributed by atoms with Crippen molar-refractivity contribution in [2.75, 3.05) is 6.61 Å². The van der Waals surface area contributed by atoms with E-state index in [0.29, 0.717) is 18.4 Å². The minimum absolute atomic E-state index is 0.0784. The number of Topliss-reactive ketones (excluding diaryl/α,β-unsaturated/α-hetero) is 1. The molecule has 0 radical (unpaired) electrons. The molecule has 0 aliphatic carbocycles. The molecule has 3 nitrogen and oxygen atoms in total. The molecule has 0 saturated carbocycles. The number of H-pyrrole nitrogens is 1. The molecule has 1 aromatic heterocycles. The standard InChI is InChI=1S/C14H13NO2/c16-9-5-1-2-8-14(17)12-10-15-13-7-4-3-6-11(12)13/h3-4,6-7,10,15-16H,2,8-9H2. The summed E-state index contributed by atoms with van der Waals surface area (Å²) in [5, 5.41) is 9.44. The van der Waals surface area contributed by atoms with Crippen molar-refractivity contribution in [3.8, 4) is 11.8 Å². The van der Waals surface area contributed by atoms with Crippen LogP contribution >= 0.6 is 0 Å². The number of ketones is 1. The Bertz CT molecular complexity index is 587. The van der Waals surface area contributed by atoms with Gasteiger partial charge in [0.25, 0.3) is 0 Å². The number of aromatic amines is 1. The molecule has 0 saturated heterocycles. The van der Waals surface area contributed by atoms with Crippen LogP contribution in [0.4, 0.5) is 0 Å². The first-order valence-electron chi connectivity index (χ1n) is 5.49. The van der Waals surface area contributed by atoms with E-state index in [1.165, 1.54) is 0 Å². The van der Waals surface area contributed by atoms with E-state index < -0.39 is 0 Å². The van der Waals surface area contributed by atoms with Gasteiger partial charge in [-0.05, 0) is 6.07 Å². The third-order valence-electron chi connectivity index (χ3n) is 2.57. The van der Waals surface area contributed by atoms with E-state index in [9.17, 15) is 4.79 Å². The highest BCUT2D eigenvalue weighted by Gasteiger charge is 2.10. The molecule has 0 spiro atoms. The minimum atomic E-state index is -0.152. The second kappa shape index (κ2) is 5.33. The highest BCUT2D eigenvalue weighted by molar-refractivity contribution is 6.07. The highest BCUT2D eigenvalue weighted by Crippen LogP contribution is 2.19. The van der Waals surface area contributed by atoms with E-state index in [4.69, 9.17) is 5.11 Å². The van der Waals surface area contributed by atoms with Gasteiger partial charge in [0.05, 0.1) is 0 Å². The predicted octanol–water partition coefficient (Wildman–Crippen LogP) is 2.13. The van der Waals surface area contributed by atoms with Gasteiger partial charge in [0.2, 0.25) is 0 Å². The van der Waals surface area contributed by atoms with Crippen LogP contribution in [0.1, 0.15) is 23.2 Å². The number of aliphatic hydroxyl groups is 1. The zero-order valence-corrected chi connectivity index (χ0v) is 9.36. The molecule has 2 aromatic rings. The fraction of sp³-hybridized carbons (Fsp3) is 0.214. The summed E-state index contributed by atoms with van der Waals surface area (Å²) in [6.45, 7) is -0.152. The molecule has 2 N–H and O–H groups in total. The van der Waals surface area contributed by atoms with Gasteiger partial charge in [0.1, 0.15) is 6.61 Å². The molecule has 0 bridgehead atoms. The number of nitrogens with one attached hydrogen (secondary N) is 1. The SMILES string of the molecule is O=C(CCC#CCO)c1c[nH]c2ccccc12. The predicted molar refractivity (Wildman–Crippen MR) is 66.7 cm³/mol. The molecule has 17 heavy (non-hydrogen) atoms. The fourth-order valence-corrected chi connectivity index (χ4v) is 1.76. The van der Waals surface area contributed by atoms with Crippen molar-refractivity contribution < 1.29 is 9.90 Å². The Hall–Kier alpha value is -2.05. The monoisotopic (exact) mass is 227 g/mol. The van der Waals surface area contributed by atoms with Gasteiger partial charge in [-0.25, -0.2) is 0 Å². The van der Waals surface area contributed by atoms with E-state index in [1.54, 1.807) is 6.20 Å². The van der Waals surface area contributed by atoms with Crippen molar-refractivity contribution in [2.45, 2.75) is 12.8 Å². The number of hydrogen-bond acceptors (Lipinski definition) is 2. The van der Waals surface area contributed by atoms with Crippen molar-refractivity contribution in [1.29, 1.82) is 0 Å². The molecule has 0 aliphatic rings. The molecular formula is C14H13NO2. The average Bonchev–Trinajstić information content (AvgIpc) is 2.78. The van der Waals surface area contributed by atoms with Gasteiger partial charge in [-0.15, -0.1) is 5.92 Å². The summed E-state index contributed by atoms with van der Waals surface area (Å²) in [7, 11) is 0. The van der Waals surface area contributed by atoms with E-state index in [-0.39, 0.29) is 12.4 Å². The van der Waals surface area contributed by atoms with Gasteiger partial charge in [-0.3, -0.25) is 4.79 Å². The van der Waals surface area contributed by atoms with Gasteiger partial charge < -0.3 is 10.1 Å². The molecule has 1 heterocycles. The number of carbonyl (C=O) groups excluding carboxylic acids is 1. The molecule has 1 aromatic carbocycles. The van der Waals surface area contributed by atoms with Gasteiger partial charge in [-0.2, -0.15) is 0 Å². The van der Waals surface area contributed by atoms with Gasteiger partial charge in [-0.1, -0.05) is 24.1 Å². The topological polar surface area (TPSA) is 53.1 Å². The maximum atomic E-state index is 11.9. The third-order valence-corrected chi connectivity index (χ3v) is 2.57. The van der Waals surface area contributed by atoms with Crippen LogP contribution in [0.25, 0.3) is 10.9 Å². The summed E-state index contributed by atoms with van der Waals surface area (Å²) in [6.07, 6.45) is 2.61. The summed E-state index contributed by atoms with van der Waals surface area (Å²) in [5.41, 5.74) is 1.68. The van der Waals surface area contributed by atoms with Crippen molar-refractivity contribution in [2.24, 2.45) is 0 Å². The van der Waals surface area contributed by atoms with Gasteiger partial charge in [0.15, 0.2) is 5.78 Å². The number of aliphatic hydroxyl groups excluding tert-OH is 1. The quantitative estimate of drug-likeness (QED) is 0.623. The Kier molecular flexibility index (Phi) is 3.59. The first kappa shape index (κ1) is 11.4. The molecular weight excluding hydrogens is 214 g/mol. The fourth-order valence-electron chi connectivity index (χ4n) is 1.76. The Morgan fingerprint density at radius 1 is 1.29 bits per heavy atom. The third kappa shape index (κ3) is 2.55. The molecule has 3 heteroatoms. The Balaban J connectivity index is 2.14. The van der Waals surface area contributed by atoms with Gasteiger partial charge >= 0.3 is 0 Å². The van der Waals surface area contributed by atoms with Crippen molar-refractivity contribution in [3.63, 3.8) is 0 Å². The van der Waals surface area contributed by atoms with Crippen molar-refractivity contribution >= 4 is 16.7 Å². The lowest BCUT2D eigenvalue weighted by atomic mass is 10.1. The van der Waals surface area contributed by atoms with Crippen molar-refractivity contribution in [1.82, 2.24) is 4.98 Å². The summed E-state index contributed by atoms with van der Waals surface area (Å²) >= 11 is 0. The minimum Gasteiger partial charge on any atom is -0.384 e. The normalized spacial score (nSPS) is 9.94. The lowest BCUT2D eigenvalue weighted by Crippen LogP contribution is -1.96. The highest BCUT2D eigenvalue weighted by atomic mass is 16.2. The number of para-hydroxylation sites is 1. The van der Waals surface area contributed by atoms with Crippen LogP contribution in [-0.4, -0.2) is 22.5 Å². The smallest absolute Gasteiger partial charge is 0.165 e. The Morgan fingerprint density at radius 2 is 2.12 bits per heavy atom. The van der Waals surface area contributed by atoms with Crippen LogP contribution < -0.4 is 0 Å². The van der Waals surface area contributed by atoms with Crippen LogP contribution in [0.2, 0.25) is 0 Å². The summed E-state index contributed by atoms with van der Waals surface area (Å²) < 4.78 is 0. The summed E-state index contributed by atoms with van der Waals surface area (Å²) in [6, 6.07) is 7.72. The summed E-state index contributed by atoms with van der Waals surface area (Å²) in [5.74, 6) is 5.35. The first-order chi connectivity index (χ1) is 8.33. The maximum absolute atomic E-state index is 11.9. The molecule has 0 atom stereocenters. The second-order valence-electron chi connectivity index (χ2n) is 3.68. The lowest BCUT2D eigenvalue weighted by Gasteiger charge is -1.95. The number of benzene rings is 1. The molecule has 0 aliphatic heterocycles. The number of rotatable bonds is 3. The molecule has 2 rings (SSSR count). The largest absolute Gasteiger partial charge is 0.384 e. The molecule has 0 amide bonds. The number of carbonyl (C=O) groups is 1. The van der Waals surface area contributed by atoms with E-state index in [0.717, 1.165) is 10.9 Å². The molecule has 0 fully saturated rings. The van der Waals surface area contributed by atoms with E-state index in [1.807, 2.05) is 24.3 Å². The Morgan fingerprint density at radius 3 is 2.94 bits per heavy atom. The number of aromatic nitrogens is 1. The number of fused-ring (bicyclic) bond motifs is 1.